The van der Waals surface area contributed by atoms with Crippen LogP contribution in [0, 0.1) is 0 Å². The van der Waals surface area contributed by atoms with Crippen LogP contribution in [0.15, 0.2) is 24.3 Å². The van der Waals surface area contributed by atoms with Crippen LogP contribution in [-0.2, 0) is 6.54 Å². The van der Waals surface area contributed by atoms with Gasteiger partial charge in [-0.3, -0.25) is 0 Å². The predicted octanol–water partition coefficient (Wildman–Crippen LogP) is 1.45. The molecule has 0 amide bonds. The molecule has 1 atom stereocenters. The number of likely N-dealkylation sites (N-methyl/N-ethyl adjacent to an activating group) is 1. The molecule has 0 radical (unpaired) electrons. The van der Waals surface area contributed by atoms with Gasteiger partial charge in [0.1, 0.15) is 0 Å². The average molecular weight is 279 g/mol. The summed E-state index contributed by atoms with van der Waals surface area (Å²) in [7, 11) is 4.17. The molecule has 0 saturated carbocycles. The maximum absolute atomic E-state index is 10.3. The molecule has 0 aliphatic heterocycles. The van der Waals surface area contributed by atoms with E-state index in [-0.39, 0.29) is 0 Å². The fraction of sp³-hybridized carbons (Fsp3) is 0.625. The van der Waals surface area contributed by atoms with Crippen LogP contribution in [0.2, 0.25) is 0 Å². The zero-order chi connectivity index (χ0) is 15.0. The Morgan fingerprint density at radius 3 is 2.30 bits per heavy atom. The highest BCUT2D eigenvalue weighted by molar-refractivity contribution is 5.24. The van der Waals surface area contributed by atoms with Gasteiger partial charge >= 0.3 is 0 Å². The third-order valence-corrected chi connectivity index (χ3v) is 3.56. The first-order chi connectivity index (χ1) is 9.56. The Labute approximate surface area is 123 Å². The largest absolute Gasteiger partial charge is 0.387 e. The van der Waals surface area contributed by atoms with E-state index in [1.54, 1.807) is 0 Å². The van der Waals surface area contributed by atoms with Gasteiger partial charge in [0.2, 0.25) is 0 Å². The van der Waals surface area contributed by atoms with E-state index in [1.165, 1.54) is 0 Å². The summed E-state index contributed by atoms with van der Waals surface area (Å²) < 4.78 is 0. The number of benzene rings is 1. The van der Waals surface area contributed by atoms with E-state index in [0.717, 1.165) is 37.2 Å². The van der Waals surface area contributed by atoms with Crippen molar-refractivity contribution in [2.45, 2.75) is 26.0 Å². The van der Waals surface area contributed by atoms with Crippen molar-refractivity contribution in [3.63, 3.8) is 0 Å². The zero-order valence-electron chi connectivity index (χ0n) is 13.0. The lowest BCUT2D eigenvalue weighted by Crippen LogP contribution is -2.31. The highest BCUT2D eigenvalue weighted by Gasteiger charge is 2.12. The van der Waals surface area contributed by atoms with Crippen molar-refractivity contribution in [1.82, 2.24) is 9.80 Å². The van der Waals surface area contributed by atoms with Crippen LogP contribution >= 0.6 is 0 Å². The zero-order valence-corrected chi connectivity index (χ0v) is 13.0. The molecule has 20 heavy (non-hydrogen) atoms. The van der Waals surface area contributed by atoms with E-state index in [0.29, 0.717) is 13.1 Å². The Balaban J connectivity index is 2.46. The molecule has 3 N–H and O–H groups in total. The van der Waals surface area contributed by atoms with Crippen LogP contribution in [0.5, 0.6) is 0 Å². The summed E-state index contributed by atoms with van der Waals surface area (Å²) in [5, 5.41) is 10.3. The van der Waals surface area contributed by atoms with Crippen molar-refractivity contribution < 1.29 is 5.11 Å². The van der Waals surface area contributed by atoms with Crippen LogP contribution in [0.3, 0.4) is 0 Å². The van der Waals surface area contributed by atoms with Gasteiger partial charge in [0, 0.05) is 13.1 Å². The molecule has 0 aliphatic carbocycles. The van der Waals surface area contributed by atoms with Gasteiger partial charge in [-0.05, 0) is 51.3 Å². The second kappa shape index (κ2) is 9.08. The lowest BCUT2D eigenvalue weighted by molar-refractivity contribution is 0.114. The quantitative estimate of drug-likeness (QED) is 0.718. The lowest BCUT2D eigenvalue weighted by atomic mass is 10.1. The van der Waals surface area contributed by atoms with Crippen molar-refractivity contribution in [3.8, 4) is 0 Å². The first-order valence-corrected chi connectivity index (χ1v) is 7.40. The standard InChI is InChI=1S/C16H29N3O/c1-4-19(11-5-10-18(2)3)13-16(20)15-8-6-14(12-17)7-9-15/h6-9,16,20H,4-5,10-13,17H2,1-3H3. The van der Waals surface area contributed by atoms with Gasteiger partial charge in [-0.15, -0.1) is 0 Å². The highest BCUT2D eigenvalue weighted by atomic mass is 16.3. The van der Waals surface area contributed by atoms with Crippen LogP contribution in [0.4, 0.5) is 0 Å². The van der Waals surface area contributed by atoms with Gasteiger partial charge in [-0.25, -0.2) is 0 Å². The van der Waals surface area contributed by atoms with E-state index in [2.05, 4.69) is 30.8 Å². The first kappa shape index (κ1) is 17.1. The topological polar surface area (TPSA) is 52.7 Å². The fourth-order valence-electron chi connectivity index (χ4n) is 2.21. The highest BCUT2D eigenvalue weighted by Crippen LogP contribution is 2.15. The van der Waals surface area contributed by atoms with Gasteiger partial charge < -0.3 is 20.6 Å². The Kier molecular flexibility index (Phi) is 7.77. The third-order valence-electron chi connectivity index (χ3n) is 3.56. The maximum Gasteiger partial charge on any atom is 0.0916 e. The monoisotopic (exact) mass is 279 g/mol. The molecule has 0 aliphatic rings. The second-order valence-electron chi connectivity index (χ2n) is 5.51. The molecule has 0 spiro atoms. The average Bonchev–Trinajstić information content (AvgIpc) is 2.45. The molecule has 0 bridgehead atoms. The number of aliphatic hydroxyl groups is 1. The van der Waals surface area contributed by atoms with Crippen LogP contribution < -0.4 is 5.73 Å². The number of nitrogens with two attached hydrogens (primary N) is 1. The number of hydrogen-bond donors (Lipinski definition) is 2. The molecule has 1 unspecified atom stereocenters. The van der Waals surface area contributed by atoms with E-state index in [9.17, 15) is 5.11 Å². The summed E-state index contributed by atoms with van der Waals surface area (Å²) in [5.74, 6) is 0. The summed E-state index contributed by atoms with van der Waals surface area (Å²) in [4.78, 5) is 4.49. The number of nitrogens with zero attached hydrogens (tertiary/aromatic N) is 2. The number of aliphatic hydroxyl groups excluding tert-OH is 1. The molecule has 1 aromatic rings. The number of hydrogen-bond acceptors (Lipinski definition) is 4. The summed E-state index contributed by atoms with van der Waals surface area (Å²) in [6, 6.07) is 7.92. The number of rotatable bonds is 9. The Morgan fingerprint density at radius 1 is 1.15 bits per heavy atom. The van der Waals surface area contributed by atoms with Crippen molar-refractivity contribution in [1.29, 1.82) is 0 Å². The predicted molar refractivity (Wildman–Crippen MR) is 84.6 cm³/mol. The van der Waals surface area contributed by atoms with Crippen LogP contribution in [-0.4, -0.2) is 55.2 Å². The van der Waals surface area contributed by atoms with E-state index in [1.807, 2.05) is 24.3 Å². The summed E-state index contributed by atoms with van der Waals surface area (Å²) >= 11 is 0. The third kappa shape index (κ3) is 6.01. The minimum atomic E-state index is -0.430. The van der Waals surface area contributed by atoms with E-state index < -0.39 is 6.10 Å². The second-order valence-corrected chi connectivity index (χ2v) is 5.51. The molecule has 1 rings (SSSR count). The molecular weight excluding hydrogens is 250 g/mol. The van der Waals surface area contributed by atoms with E-state index in [4.69, 9.17) is 5.73 Å². The minimum absolute atomic E-state index is 0.430. The van der Waals surface area contributed by atoms with Crippen LogP contribution in [0.1, 0.15) is 30.6 Å². The molecule has 0 fully saturated rings. The Bertz CT molecular complexity index is 364. The molecule has 114 valence electrons. The normalized spacial score (nSPS) is 13.2. The van der Waals surface area contributed by atoms with Crippen molar-refractivity contribution in [3.05, 3.63) is 35.4 Å². The smallest absolute Gasteiger partial charge is 0.0916 e. The fourth-order valence-corrected chi connectivity index (χ4v) is 2.21. The van der Waals surface area contributed by atoms with Gasteiger partial charge in [0.05, 0.1) is 6.10 Å². The molecule has 0 heterocycles. The molecule has 4 nitrogen and oxygen atoms in total. The summed E-state index contributed by atoms with van der Waals surface area (Å²) in [6.45, 7) is 6.43. The van der Waals surface area contributed by atoms with Crippen LogP contribution in [0.25, 0.3) is 0 Å². The summed E-state index contributed by atoms with van der Waals surface area (Å²) in [5.41, 5.74) is 7.65. The lowest BCUT2D eigenvalue weighted by Gasteiger charge is -2.24. The van der Waals surface area contributed by atoms with Gasteiger partial charge in [-0.1, -0.05) is 31.2 Å². The molecule has 0 aromatic heterocycles. The maximum atomic E-state index is 10.3. The summed E-state index contributed by atoms with van der Waals surface area (Å²) in [6.07, 6.45) is 0.695. The van der Waals surface area contributed by atoms with Crippen molar-refractivity contribution in [2.75, 3.05) is 40.3 Å². The van der Waals surface area contributed by atoms with Crippen molar-refractivity contribution in [2.24, 2.45) is 5.73 Å². The van der Waals surface area contributed by atoms with Gasteiger partial charge in [0.15, 0.2) is 0 Å². The van der Waals surface area contributed by atoms with Crippen molar-refractivity contribution >= 4 is 0 Å². The van der Waals surface area contributed by atoms with Gasteiger partial charge in [-0.2, -0.15) is 0 Å². The Hall–Kier alpha value is -0.940. The minimum Gasteiger partial charge on any atom is -0.387 e. The molecule has 0 saturated heterocycles. The van der Waals surface area contributed by atoms with Gasteiger partial charge in [0.25, 0.3) is 0 Å². The van der Waals surface area contributed by atoms with E-state index >= 15 is 0 Å². The first-order valence-electron chi connectivity index (χ1n) is 7.40. The molecule has 4 heteroatoms. The Morgan fingerprint density at radius 2 is 1.80 bits per heavy atom. The SMILES string of the molecule is CCN(CCCN(C)C)CC(O)c1ccc(CN)cc1. The molecular formula is C16H29N3O. The molecule has 1 aromatic carbocycles.